The lowest BCUT2D eigenvalue weighted by Crippen LogP contribution is -2.46. The molecule has 138 valence electrons. The molecular weight excluding hydrogens is 326 g/mol. The fourth-order valence-electron chi connectivity index (χ4n) is 3.14. The maximum Gasteiger partial charge on any atom is 0.209 e. The molecule has 0 bridgehead atoms. The van der Waals surface area contributed by atoms with Crippen molar-refractivity contribution < 1.29 is 4.42 Å². The van der Waals surface area contributed by atoms with Crippen molar-refractivity contribution >= 4 is 16.9 Å². The second-order valence-electron chi connectivity index (χ2n) is 6.25. The van der Waals surface area contributed by atoms with Crippen LogP contribution in [0.3, 0.4) is 0 Å². The minimum atomic E-state index is 0.754. The Morgan fingerprint density at radius 3 is 2.46 bits per heavy atom. The van der Waals surface area contributed by atoms with Gasteiger partial charge in [0, 0.05) is 37.4 Å². The predicted octanol–water partition coefficient (Wildman–Crippen LogP) is 3.58. The number of oxazole rings is 1. The van der Waals surface area contributed by atoms with Crippen molar-refractivity contribution in [2.45, 2.75) is 34.2 Å². The summed E-state index contributed by atoms with van der Waals surface area (Å²) >= 11 is 0. The van der Waals surface area contributed by atoms with E-state index in [2.05, 4.69) is 31.7 Å². The average Bonchev–Trinajstić information content (AvgIpc) is 3.09. The maximum absolute atomic E-state index is 5.83. The quantitative estimate of drug-likeness (QED) is 0.717. The Hall–Kier alpha value is -2.47. The highest BCUT2D eigenvalue weighted by Gasteiger charge is 2.21. The second-order valence-corrected chi connectivity index (χ2v) is 6.25. The smallest absolute Gasteiger partial charge is 0.209 e. The van der Waals surface area contributed by atoms with Crippen molar-refractivity contribution in [3.05, 3.63) is 47.7 Å². The maximum atomic E-state index is 5.83. The van der Waals surface area contributed by atoms with E-state index in [1.807, 2.05) is 45.0 Å². The molecule has 3 heterocycles. The summed E-state index contributed by atoms with van der Waals surface area (Å²) in [7, 11) is 0. The summed E-state index contributed by atoms with van der Waals surface area (Å²) in [6.07, 6.45) is 1.66. The first-order valence-electron chi connectivity index (χ1n) is 9.30. The third-order valence-corrected chi connectivity index (χ3v) is 4.68. The lowest BCUT2D eigenvalue weighted by molar-refractivity contribution is 0.228. The van der Waals surface area contributed by atoms with Crippen LogP contribution in [-0.4, -0.2) is 46.0 Å². The van der Waals surface area contributed by atoms with E-state index in [0.29, 0.717) is 0 Å². The van der Waals surface area contributed by atoms with E-state index in [0.717, 1.165) is 61.2 Å². The van der Waals surface area contributed by atoms with Crippen LogP contribution in [0.2, 0.25) is 0 Å². The summed E-state index contributed by atoms with van der Waals surface area (Å²) in [5, 5.41) is 0. The van der Waals surface area contributed by atoms with Gasteiger partial charge >= 0.3 is 0 Å². The molecule has 0 radical (unpaired) electrons. The van der Waals surface area contributed by atoms with E-state index in [1.54, 1.807) is 6.33 Å². The molecule has 0 amide bonds. The molecule has 0 spiro atoms. The Kier molecular flexibility index (Phi) is 5.83. The van der Waals surface area contributed by atoms with Crippen LogP contribution in [0, 0.1) is 13.8 Å². The number of piperazine rings is 1. The van der Waals surface area contributed by atoms with Crippen LogP contribution >= 0.6 is 0 Å². The van der Waals surface area contributed by atoms with E-state index in [9.17, 15) is 0 Å². The lowest BCUT2D eigenvalue weighted by atomic mass is 10.2. The molecule has 0 atom stereocenters. The van der Waals surface area contributed by atoms with Crippen LogP contribution in [0.15, 0.2) is 35.0 Å². The highest BCUT2D eigenvalue weighted by molar-refractivity contribution is 5.72. The minimum absolute atomic E-state index is 0.754. The molecule has 1 aromatic carbocycles. The summed E-state index contributed by atoms with van der Waals surface area (Å²) in [5.74, 6) is 1.85. The highest BCUT2D eigenvalue weighted by atomic mass is 16.3. The van der Waals surface area contributed by atoms with Gasteiger partial charge in [-0.15, -0.1) is 0 Å². The lowest BCUT2D eigenvalue weighted by Gasteiger charge is -2.35. The zero-order valence-electron chi connectivity index (χ0n) is 16.1. The Labute approximate surface area is 154 Å². The van der Waals surface area contributed by atoms with Gasteiger partial charge in [0.05, 0.1) is 6.54 Å². The van der Waals surface area contributed by atoms with Gasteiger partial charge in [0.2, 0.25) is 5.89 Å². The molecule has 2 aromatic heterocycles. The number of hydrogen-bond donors (Lipinski definition) is 0. The molecule has 4 rings (SSSR count). The van der Waals surface area contributed by atoms with Gasteiger partial charge in [0.15, 0.2) is 5.58 Å². The molecular formula is C20H27N5O. The van der Waals surface area contributed by atoms with Gasteiger partial charge in [-0.25, -0.2) is 15.0 Å². The topological polar surface area (TPSA) is 58.3 Å². The van der Waals surface area contributed by atoms with E-state index < -0.39 is 0 Å². The van der Waals surface area contributed by atoms with Gasteiger partial charge in [0.1, 0.15) is 17.7 Å². The number of rotatable bonds is 3. The molecule has 0 saturated carbocycles. The molecule has 0 aliphatic carbocycles. The predicted molar refractivity (Wildman–Crippen MR) is 104 cm³/mol. The van der Waals surface area contributed by atoms with Crippen molar-refractivity contribution in [2.24, 2.45) is 0 Å². The van der Waals surface area contributed by atoms with E-state index in [-0.39, 0.29) is 0 Å². The van der Waals surface area contributed by atoms with Gasteiger partial charge < -0.3 is 9.32 Å². The van der Waals surface area contributed by atoms with Crippen LogP contribution in [0.25, 0.3) is 11.1 Å². The number of nitrogens with zero attached hydrogens (tertiary/aromatic N) is 5. The Morgan fingerprint density at radius 2 is 1.73 bits per heavy atom. The zero-order chi connectivity index (χ0) is 18.5. The van der Waals surface area contributed by atoms with Gasteiger partial charge in [-0.3, -0.25) is 4.90 Å². The van der Waals surface area contributed by atoms with Crippen molar-refractivity contribution in [3.8, 4) is 0 Å². The first-order chi connectivity index (χ1) is 12.7. The molecule has 1 aliphatic heterocycles. The van der Waals surface area contributed by atoms with Crippen molar-refractivity contribution in [2.75, 3.05) is 31.1 Å². The number of anilines is 1. The fraction of sp³-hybridized carbons (Fsp3) is 0.450. The molecule has 0 N–H and O–H groups in total. The molecule has 6 heteroatoms. The van der Waals surface area contributed by atoms with Crippen LogP contribution in [-0.2, 0) is 6.54 Å². The van der Waals surface area contributed by atoms with Crippen molar-refractivity contribution in [1.82, 2.24) is 19.9 Å². The third kappa shape index (κ3) is 3.85. The monoisotopic (exact) mass is 353 g/mol. The van der Waals surface area contributed by atoms with Crippen LogP contribution in [0.1, 0.15) is 31.0 Å². The first kappa shape index (κ1) is 18.3. The Bertz CT molecular complexity index is 819. The molecule has 1 aliphatic rings. The molecule has 1 saturated heterocycles. The normalized spacial score (nSPS) is 15.0. The van der Waals surface area contributed by atoms with E-state index in [4.69, 9.17) is 4.42 Å². The first-order valence-corrected chi connectivity index (χ1v) is 9.30. The average molecular weight is 353 g/mol. The third-order valence-electron chi connectivity index (χ3n) is 4.68. The second kappa shape index (κ2) is 8.27. The number of hydrogen-bond acceptors (Lipinski definition) is 6. The largest absolute Gasteiger partial charge is 0.439 e. The SMILES string of the molecule is CC.Cc1ncnc(N2CCN(Cc3nc4ccccc4o3)CC2)c1C. The molecule has 3 aromatic rings. The summed E-state index contributed by atoms with van der Waals surface area (Å²) in [4.78, 5) is 18.0. The Morgan fingerprint density at radius 1 is 1.00 bits per heavy atom. The Balaban J connectivity index is 0.000000948. The molecule has 1 fully saturated rings. The van der Waals surface area contributed by atoms with Crippen LogP contribution in [0.4, 0.5) is 5.82 Å². The minimum Gasteiger partial charge on any atom is -0.439 e. The number of benzene rings is 1. The number of fused-ring (bicyclic) bond motifs is 1. The van der Waals surface area contributed by atoms with Gasteiger partial charge in [-0.1, -0.05) is 26.0 Å². The number of aryl methyl sites for hydroxylation is 1. The number of aromatic nitrogens is 3. The molecule has 6 nitrogen and oxygen atoms in total. The molecule has 26 heavy (non-hydrogen) atoms. The molecule has 0 unspecified atom stereocenters. The standard InChI is InChI=1S/C18H21N5O.C2H6/c1-13-14(2)19-12-20-18(13)23-9-7-22(8-10-23)11-17-21-15-5-3-4-6-16(15)24-17;1-2/h3-6,12H,7-11H2,1-2H3;1-2H3. The van der Waals surface area contributed by atoms with Gasteiger partial charge in [-0.05, 0) is 26.0 Å². The summed E-state index contributed by atoms with van der Waals surface area (Å²) in [5.41, 5.74) is 4.01. The van der Waals surface area contributed by atoms with Crippen molar-refractivity contribution in [3.63, 3.8) is 0 Å². The summed E-state index contributed by atoms with van der Waals surface area (Å²) < 4.78 is 5.83. The van der Waals surface area contributed by atoms with Crippen molar-refractivity contribution in [1.29, 1.82) is 0 Å². The zero-order valence-corrected chi connectivity index (χ0v) is 16.1. The van der Waals surface area contributed by atoms with E-state index in [1.165, 1.54) is 5.56 Å². The van der Waals surface area contributed by atoms with Gasteiger partial charge in [0.25, 0.3) is 0 Å². The summed E-state index contributed by atoms with van der Waals surface area (Å²) in [6.45, 7) is 12.7. The van der Waals surface area contributed by atoms with E-state index >= 15 is 0 Å². The fourth-order valence-corrected chi connectivity index (χ4v) is 3.14. The van der Waals surface area contributed by atoms with Crippen LogP contribution < -0.4 is 4.90 Å². The number of para-hydroxylation sites is 2. The highest BCUT2D eigenvalue weighted by Crippen LogP contribution is 2.21. The van der Waals surface area contributed by atoms with Gasteiger partial charge in [-0.2, -0.15) is 0 Å². The summed E-state index contributed by atoms with van der Waals surface area (Å²) in [6, 6.07) is 7.91. The van der Waals surface area contributed by atoms with Crippen LogP contribution in [0.5, 0.6) is 0 Å².